The highest BCUT2D eigenvalue weighted by molar-refractivity contribution is 5.71. The number of imidazole rings is 1. The van der Waals surface area contributed by atoms with Gasteiger partial charge in [0, 0.05) is 32.4 Å². The Morgan fingerprint density at radius 1 is 1.25 bits per heavy atom. The second-order valence-electron chi connectivity index (χ2n) is 6.08. The molecule has 0 bridgehead atoms. The molecule has 0 amide bonds. The Balaban J connectivity index is 1.72. The Labute approximate surface area is 117 Å². The van der Waals surface area contributed by atoms with Crippen molar-refractivity contribution in [1.82, 2.24) is 19.0 Å². The molecule has 0 spiro atoms. The first-order chi connectivity index (χ1) is 9.75. The summed E-state index contributed by atoms with van der Waals surface area (Å²) in [5, 5.41) is 0. The van der Waals surface area contributed by atoms with Crippen LogP contribution in [0.15, 0.2) is 23.1 Å². The number of rotatable bonds is 2. The molecule has 5 heteroatoms. The minimum Gasteiger partial charge on any atom is -0.298 e. The fourth-order valence-electron chi connectivity index (χ4n) is 3.58. The van der Waals surface area contributed by atoms with Crippen LogP contribution in [0.3, 0.4) is 0 Å². The molecule has 106 valence electrons. The minimum absolute atomic E-state index is 0.0687. The summed E-state index contributed by atoms with van der Waals surface area (Å²) in [4.78, 5) is 19.5. The van der Waals surface area contributed by atoms with E-state index in [0.717, 1.165) is 36.7 Å². The van der Waals surface area contributed by atoms with E-state index in [-0.39, 0.29) is 11.7 Å². The molecule has 0 unspecified atom stereocenters. The zero-order valence-electron chi connectivity index (χ0n) is 11.8. The maximum absolute atomic E-state index is 12.5. The molecule has 2 aromatic rings. The van der Waals surface area contributed by atoms with Crippen molar-refractivity contribution < 1.29 is 0 Å². The lowest BCUT2D eigenvalue weighted by Gasteiger charge is -2.34. The summed E-state index contributed by atoms with van der Waals surface area (Å²) >= 11 is 0. The Morgan fingerprint density at radius 3 is 2.85 bits per heavy atom. The molecular weight excluding hydrogens is 252 g/mol. The number of aromatic nitrogens is 3. The third-order valence-corrected chi connectivity index (χ3v) is 5.00. The topological polar surface area (TPSA) is 43.1 Å². The highest BCUT2D eigenvalue weighted by atomic mass is 16.1. The average Bonchev–Trinajstić information content (AvgIpc) is 2.94. The van der Waals surface area contributed by atoms with E-state index in [1.807, 2.05) is 23.7 Å². The smallest absolute Gasteiger partial charge is 0.298 e. The molecule has 1 aliphatic heterocycles. The predicted octanol–water partition coefficient (Wildman–Crippen LogP) is 1.53. The Hall–Kier alpha value is -1.62. The number of hydrogen-bond donors (Lipinski definition) is 0. The predicted molar refractivity (Wildman–Crippen MR) is 77.8 cm³/mol. The van der Waals surface area contributed by atoms with E-state index in [1.165, 1.54) is 19.3 Å². The summed E-state index contributed by atoms with van der Waals surface area (Å²) in [5.74, 6) is 0. The summed E-state index contributed by atoms with van der Waals surface area (Å²) in [7, 11) is 1.83. The van der Waals surface area contributed by atoms with Crippen LogP contribution in [0, 0.1) is 0 Å². The van der Waals surface area contributed by atoms with Gasteiger partial charge in [0.05, 0.1) is 11.6 Å². The van der Waals surface area contributed by atoms with Crippen molar-refractivity contribution in [2.45, 2.75) is 37.8 Å². The minimum atomic E-state index is 0.0687. The van der Waals surface area contributed by atoms with Gasteiger partial charge in [0.1, 0.15) is 0 Å². The number of likely N-dealkylation sites (tertiary alicyclic amines) is 1. The zero-order chi connectivity index (χ0) is 13.7. The second-order valence-corrected chi connectivity index (χ2v) is 6.08. The summed E-state index contributed by atoms with van der Waals surface area (Å²) in [5.41, 5.74) is 1.83. The first-order valence-corrected chi connectivity index (χ1v) is 7.51. The molecule has 20 heavy (non-hydrogen) atoms. The van der Waals surface area contributed by atoms with Crippen molar-refractivity contribution in [3.63, 3.8) is 0 Å². The van der Waals surface area contributed by atoms with Crippen molar-refractivity contribution >= 4 is 11.2 Å². The monoisotopic (exact) mass is 272 g/mol. The number of aryl methyl sites for hydroxylation is 1. The molecular formula is C15H20N4O. The molecule has 2 aliphatic rings. The summed E-state index contributed by atoms with van der Waals surface area (Å²) in [6.45, 7) is 2.12. The molecule has 0 radical (unpaired) electrons. The van der Waals surface area contributed by atoms with E-state index in [1.54, 1.807) is 10.8 Å². The molecule has 1 atom stereocenters. The lowest BCUT2D eigenvalue weighted by atomic mass is 9.92. The van der Waals surface area contributed by atoms with Crippen LogP contribution in [0.1, 0.15) is 31.7 Å². The van der Waals surface area contributed by atoms with Gasteiger partial charge in [-0.3, -0.25) is 14.0 Å². The van der Waals surface area contributed by atoms with Gasteiger partial charge in [-0.05, 0) is 31.4 Å². The molecule has 5 nitrogen and oxygen atoms in total. The van der Waals surface area contributed by atoms with E-state index in [4.69, 9.17) is 0 Å². The largest absolute Gasteiger partial charge is 0.330 e. The quantitative estimate of drug-likeness (QED) is 0.833. The molecule has 2 aromatic heterocycles. The lowest BCUT2D eigenvalue weighted by Crippen LogP contribution is -2.39. The van der Waals surface area contributed by atoms with Crippen LogP contribution in [0.5, 0.6) is 0 Å². The second kappa shape index (κ2) is 4.45. The fraction of sp³-hybridized carbons (Fsp3) is 0.600. The van der Waals surface area contributed by atoms with Crippen molar-refractivity contribution in [2.75, 3.05) is 13.1 Å². The van der Waals surface area contributed by atoms with Gasteiger partial charge in [0.15, 0.2) is 5.65 Å². The number of hydrogen-bond acceptors (Lipinski definition) is 3. The first-order valence-electron chi connectivity index (χ1n) is 7.51. The number of pyridine rings is 1. The Bertz CT molecular complexity index is 697. The molecule has 3 heterocycles. The van der Waals surface area contributed by atoms with Crippen LogP contribution in [0.4, 0.5) is 0 Å². The molecule has 1 aliphatic carbocycles. The van der Waals surface area contributed by atoms with Gasteiger partial charge in [-0.2, -0.15) is 0 Å². The lowest BCUT2D eigenvalue weighted by molar-refractivity contribution is 0.154. The highest BCUT2D eigenvalue weighted by Crippen LogP contribution is 2.32. The number of fused-ring (bicyclic) bond motifs is 1. The van der Waals surface area contributed by atoms with Gasteiger partial charge in [0.2, 0.25) is 0 Å². The van der Waals surface area contributed by atoms with Crippen LogP contribution in [0.25, 0.3) is 11.2 Å². The highest BCUT2D eigenvalue weighted by Gasteiger charge is 2.33. The van der Waals surface area contributed by atoms with Crippen LogP contribution in [0.2, 0.25) is 0 Å². The molecule has 1 saturated carbocycles. The van der Waals surface area contributed by atoms with Gasteiger partial charge >= 0.3 is 5.69 Å². The third kappa shape index (κ3) is 1.66. The van der Waals surface area contributed by atoms with E-state index >= 15 is 0 Å². The van der Waals surface area contributed by atoms with Crippen molar-refractivity contribution in [3.05, 3.63) is 28.8 Å². The standard InChI is InChI=1S/C15H20N4O/c1-17-13-6-3-8-16-14(13)19(15(17)20)12-7-9-18(10-12)11-4-2-5-11/h3,6,8,11-12H,2,4-5,7,9-10H2,1H3/t12-/m1/s1. The molecule has 4 rings (SSSR count). The molecule has 0 aromatic carbocycles. The maximum Gasteiger partial charge on any atom is 0.330 e. The fourth-order valence-corrected chi connectivity index (χ4v) is 3.58. The van der Waals surface area contributed by atoms with E-state index in [2.05, 4.69) is 9.88 Å². The van der Waals surface area contributed by atoms with Gasteiger partial charge in [-0.15, -0.1) is 0 Å². The van der Waals surface area contributed by atoms with E-state index in [9.17, 15) is 4.79 Å². The maximum atomic E-state index is 12.5. The van der Waals surface area contributed by atoms with Gasteiger partial charge < -0.3 is 0 Å². The summed E-state index contributed by atoms with van der Waals surface area (Å²) < 4.78 is 3.63. The van der Waals surface area contributed by atoms with Crippen molar-refractivity contribution in [2.24, 2.45) is 7.05 Å². The van der Waals surface area contributed by atoms with Crippen molar-refractivity contribution in [1.29, 1.82) is 0 Å². The van der Waals surface area contributed by atoms with Crippen LogP contribution in [-0.4, -0.2) is 38.1 Å². The SMILES string of the molecule is Cn1c(=O)n([C@@H]2CCN(C3CCC3)C2)c2ncccc21. The average molecular weight is 272 g/mol. The number of nitrogens with zero attached hydrogens (tertiary/aromatic N) is 4. The zero-order valence-corrected chi connectivity index (χ0v) is 11.8. The Kier molecular flexibility index (Phi) is 2.70. The first kappa shape index (κ1) is 12.1. The van der Waals surface area contributed by atoms with Gasteiger partial charge in [-0.25, -0.2) is 9.78 Å². The molecule has 0 N–H and O–H groups in total. The van der Waals surface area contributed by atoms with E-state index < -0.39 is 0 Å². The molecule has 2 fully saturated rings. The van der Waals surface area contributed by atoms with Crippen molar-refractivity contribution in [3.8, 4) is 0 Å². The Morgan fingerprint density at radius 2 is 2.10 bits per heavy atom. The summed E-state index contributed by atoms with van der Waals surface area (Å²) in [6, 6.07) is 4.90. The van der Waals surface area contributed by atoms with Crippen LogP contribution in [-0.2, 0) is 7.05 Å². The normalized spacial score (nSPS) is 24.4. The summed E-state index contributed by atoms with van der Waals surface area (Å²) in [6.07, 6.45) is 6.86. The van der Waals surface area contributed by atoms with Gasteiger partial charge in [0.25, 0.3) is 0 Å². The third-order valence-electron chi connectivity index (χ3n) is 5.00. The van der Waals surface area contributed by atoms with Crippen LogP contribution >= 0.6 is 0 Å². The molecule has 1 saturated heterocycles. The van der Waals surface area contributed by atoms with Crippen LogP contribution < -0.4 is 5.69 Å². The van der Waals surface area contributed by atoms with Gasteiger partial charge in [-0.1, -0.05) is 6.42 Å². The van der Waals surface area contributed by atoms with E-state index in [0.29, 0.717) is 0 Å².